The number of pyridine rings is 1. The Bertz CT molecular complexity index is 649. The van der Waals surface area contributed by atoms with Gasteiger partial charge in [-0.25, -0.2) is 9.37 Å². The van der Waals surface area contributed by atoms with Gasteiger partial charge in [0.2, 0.25) is 5.88 Å². The molecule has 21 heavy (non-hydrogen) atoms. The van der Waals surface area contributed by atoms with E-state index in [4.69, 9.17) is 16.3 Å². The first-order valence-electron chi connectivity index (χ1n) is 6.41. The van der Waals surface area contributed by atoms with Gasteiger partial charge in [-0.3, -0.25) is 4.79 Å². The molecule has 1 aromatic heterocycles. The zero-order valence-corrected chi connectivity index (χ0v) is 12.2. The third-order valence-electron chi connectivity index (χ3n) is 2.75. The third kappa shape index (κ3) is 3.92. The predicted molar refractivity (Wildman–Crippen MR) is 78.0 cm³/mol. The van der Waals surface area contributed by atoms with Gasteiger partial charge in [0, 0.05) is 18.3 Å². The van der Waals surface area contributed by atoms with E-state index in [1.54, 1.807) is 12.3 Å². The van der Waals surface area contributed by atoms with Gasteiger partial charge in [0.15, 0.2) is 0 Å². The summed E-state index contributed by atoms with van der Waals surface area (Å²) in [4.78, 5) is 16.1. The average molecular weight is 309 g/mol. The monoisotopic (exact) mass is 308 g/mol. The minimum absolute atomic E-state index is 0.0729. The first kappa shape index (κ1) is 15.3. The van der Waals surface area contributed by atoms with Gasteiger partial charge in [-0.1, -0.05) is 17.7 Å². The number of halogens is 2. The number of amides is 1. The Labute approximate surface area is 126 Å². The van der Waals surface area contributed by atoms with Crippen LogP contribution < -0.4 is 10.1 Å². The fourth-order valence-corrected chi connectivity index (χ4v) is 2.02. The van der Waals surface area contributed by atoms with Gasteiger partial charge in [-0.05, 0) is 31.2 Å². The molecule has 0 bridgehead atoms. The number of nitrogens with one attached hydrogen (secondary N) is 1. The Morgan fingerprint density at radius 1 is 1.43 bits per heavy atom. The van der Waals surface area contributed by atoms with Gasteiger partial charge in [-0.2, -0.15) is 0 Å². The molecule has 2 aromatic rings. The second-order valence-electron chi connectivity index (χ2n) is 4.21. The van der Waals surface area contributed by atoms with E-state index in [2.05, 4.69) is 10.3 Å². The summed E-state index contributed by atoms with van der Waals surface area (Å²) in [5.41, 5.74) is 0.978. The number of hydrogen-bond acceptors (Lipinski definition) is 3. The number of aromatic nitrogens is 1. The van der Waals surface area contributed by atoms with Crippen LogP contribution in [0.15, 0.2) is 36.5 Å². The lowest BCUT2D eigenvalue weighted by atomic mass is 10.2. The molecule has 4 nitrogen and oxygen atoms in total. The van der Waals surface area contributed by atoms with Gasteiger partial charge < -0.3 is 10.1 Å². The van der Waals surface area contributed by atoms with Crippen molar-refractivity contribution in [2.24, 2.45) is 0 Å². The molecule has 0 saturated heterocycles. The molecule has 1 heterocycles. The first-order valence-corrected chi connectivity index (χ1v) is 6.79. The summed E-state index contributed by atoms with van der Waals surface area (Å²) >= 11 is 5.85. The Hall–Kier alpha value is -2.14. The molecule has 1 aromatic carbocycles. The van der Waals surface area contributed by atoms with Gasteiger partial charge in [0.05, 0.1) is 17.2 Å². The highest BCUT2D eigenvalue weighted by molar-refractivity contribution is 6.33. The molecule has 0 aliphatic heterocycles. The minimum atomic E-state index is -0.484. The zero-order chi connectivity index (χ0) is 15.2. The first-order chi connectivity index (χ1) is 10.1. The Balaban J connectivity index is 2.07. The van der Waals surface area contributed by atoms with Crippen LogP contribution in [0.1, 0.15) is 22.8 Å². The second-order valence-corrected chi connectivity index (χ2v) is 4.61. The van der Waals surface area contributed by atoms with Crippen molar-refractivity contribution in [2.75, 3.05) is 6.61 Å². The second kappa shape index (κ2) is 7.04. The van der Waals surface area contributed by atoms with E-state index in [1.807, 2.05) is 13.0 Å². The summed E-state index contributed by atoms with van der Waals surface area (Å²) in [6.07, 6.45) is 1.62. The molecule has 0 aliphatic carbocycles. The Morgan fingerprint density at radius 3 is 2.95 bits per heavy atom. The van der Waals surface area contributed by atoms with Crippen LogP contribution in [0.3, 0.4) is 0 Å². The van der Waals surface area contributed by atoms with Gasteiger partial charge >= 0.3 is 0 Å². The van der Waals surface area contributed by atoms with E-state index in [1.165, 1.54) is 12.1 Å². The molecule has 0 fully saturated rings. The zero-order valence-electron chi connectivity index (χ0n) is 11.4. The molecule has 0 spiro atoms. The van der Waals surface area contributed by atoms with Crippen molar-refractivity contribution in [3.8, 4) is 5.88 Å². The molecule has 6 heteroatoms. The van der Waals surface area contributed by atoms with Crippen LogP contribution >= 0.6 is 11.6 Å². The number of nitrogens with zero attached hydrogens (tertiary/aromatic N) is 1. The molecule has 0 unspecified atom stereocenters. The normalized spacial score (nSPS) is 10.2. The van der Waals surface area contributed by atoms with Crippen LogP contribution in [0, 0.1) is 5.82 Å². The lowest BCUT2D eigenvalue weighted by Gasteiger charge is -2.10. The predicted octanol–water partition coefficient (Wildman–Crippen LogP) is 3.20. The topological polar surface area (TPSA) is 51.2 Å². The summed E-state index contributed by atoms with van der Waals surface area (Å²) in [5, 5.41) is 2.78. The Morgan fingerprint density at radius 2 is 2.24 bits per heavy atom. The van der Waals surface area contributed by atoms with Crippen LogP contribution in [0.5, 0.6) is 5.88 Å². The summed E-state index contributed by atoms with van der Waals surface area (Å²) in [6, 6.07) is 7.21. The van der Waals surface area contributed by atoms with E-state index in [0.29, 0.717) is 12.5 Å². The van der Waals surface area contributed by atoms with Crippen molar-refractivity contribution in [1.29, 1.82) is 0 Å². The molecule has 110 valence electrons. The number of rotatable bonds is 5. The number of benzene rings is 1. The summed E-state index contributed by atoms with van der Waals surface area (Å²) in [7, 11) is 0. The van der Waals surface area contributed by atoms with E-state index < -0.39 is 5.82 Å². The highest BCUT2D eigenvalue weighted by Gasteiger charge is 2.12. The maximum atomic E-state index is 13.0. The van der Waals surface area contributed by atoms with Crippen LogP contribution in [-0.2, 0) is 6.54 Å². The summed E-state index contributed by atoms with van der Waals surface area (Å²) in [6.45, 7) is 2.59. The summed E-state index contributed by atoms with van der Waals surface area (Å²) in [5.74, 6) is -0.390. The maximum absolute atomic E-state index is 13.0. The molecule has 1 amide bonds. The van der Waals surface area contributed by atoms with Gasteiger partial charge in [0.25, 0.3) is 5.91 Å². The van der Waals surface area contributed by atoms with Crippen molar-refractivity contribution in [1.82, 2.24) is 10.3 Å². The SMILES string of the molecule is CCOc1ncccc1CNC(=O)c1ccc(F)cc1Cl. The molecule has 0 aliphatic rings. The standard InChI is InChI=1S/C15H14ClFN2O2/c1-2-21-15-10(4-3-7-18-15)9-19-14(20)12-6-5-11(17)8-13(12)16/h3-8H,2,9H2,1H3,(H,19,20). The van der Waals surface area contributed by atoms with Crippen molar-refractivity contribution in [3.05, 3.63) is 58.5 Å². The van der Waals surface area contributed by atoms with Crippen LogP contribution in [0.4, 0.5) is 4.39 Å². The van der Waals surface area contributed by atoms with E-state index in [0.717, 1.165) is 11.6 Å². The van der Waals surface area contributed by atoms with Gasteiger partial charge in [0.1, 0.15) is 5.82 Å². The average Bonchev–Trinajstić information content (AvgIpc) is 2.46. The lowest BCUT2D eigenvalue weighted by molar-refractivity contribution is 0.0950. The summed E-state index contributed by atoms with van der Waals surface area (Å²) < 4.78 is 18.3. The Kier molecular flexibility index (Phi) is 5.11. The third-order valence-corrected chi connectivity index (χ3v) is 3.06. The molecule has 0 radical (unpaired) electrons. The lowest BCUT2D eigenvalue weighted by Crippen LogP contribution is -2.23. The fraction of sp³-hybridized carbons (Fsp3) is 0.200. The molecular weight excluding hydrogens is 295 g/mol. The maximum Gasteiger partial charge on any atom is 0.253 e. The van der Waals surface area contributed by atoms with Gasteiger partial charge in [-0.15, -0.1) is 0 Å². The minimum Gasteiger partial charge on any atom is -0.478 e. The molecule has 2 rings (SSSR count). The van der Waals surface area contributed by atoms with Crippen molar-refractivity contribution < 1.29 is 13.9 Å². The molecular formula is C15H14ClFN2O2. The fourth-order valence-electron chi connectivity index (χ4n) is 1.77. The number of carbonyl (C=O) groups is 1. The van der Waals surface area contributed by atoms with E-state index in [-0.39, 0.29) is 23.0 Å². The smallest absolute Gasteiger partial charge is 0.253 e. The highest BCUT2D eigenvalue weighted by Crippen LogP contribution is 2.18. The molecule has 1 N–H and O–H groups in total. The van der Waals surface area contributed by atoms with Crippen LogP contribution in [-0.4, -0.2) is 17.5 Å². The number of ether oxygens (including phenoxy) is 1. The molecule has 0 atom stereocenters. The molecule has 0 saturated carbocycles. The van der Waals surface area contributed by atoms with E-state index >= 15 is 0 Å². The van der Waals surface area contributed by atoms with Crippen LogP contribution in [0.25, 0.3) is 0 Å². The van der Waals surface area contributed by atoms with Crippen molar-refractivity contribution in [3.63, 3.8) is 0 Å². The quantitative estimate of drug-likeness (QED) is 0.923. The highest BCUT2D eigenvalue weighted by atomic mass is 35.5. The van der Waals surface area contributed by atoms with Crippen LogP contribution in [0.2, 0.25) is 5.02 Å². The van der Waals surface area contributed by atoms with Crippen molar-refractivity contribution in [2.45, 2.75) is 13.5 Å². The largest absolute Gasteiger partial charge is 0.478 e. The number of carbonyl (C=O) groups excluding carboxylic acids is 1. The number of hydrogen-bond donors (Lipinski definition) is 1. The van der Waals surface area contributed by atoms with E-state index in [9.17, 15) is 9.18 Å². The van der Waals surface area contributed by atoms with Crippen molar-refractivity contribution >= 4 is 17.5 Å².